The number of nitro groups is 1. The van der Waals surface area contributed by atoms with Crippen molar-refractivity contribution in [2.75, 3.05) is 17.6 Å². The number of benzene rings is 1. The lowest BCUT2D eigenvalue weighted by Crippen LogP contribution is -2.09. The van der Waals surface area contributed by atoms with E-state index < -0.39 is 4.92 Å². The van der Waals surface area contributed by atoms with Crippen LogP contribution in [0.25, 0.3) is 0 Å². The van der Waals surface area contributed by atoms with Crippen LogP contribution >= 0.6 is 0 Å². The number of nitrogens with one attached hydrogen (secondary N) is 1. The van der Waals surface area contributed by atoms with Gasteiger partial charge in [-0.15, -0.1) is 0 Å². The fraction of sp³-hybridized carbons (Fsp3) is 0.357. The van der Waals surface area contributed by atoms with Gasteiger partial charge in [0.25, 0.3) is 5.69 Å². The number of aryl methyl sites for hydroxylation is 3. The van der Waals surface area contributed by atoms with Gasteiger partial charge in [0.15, 0.2) is 0 Å². The van der Waals surface area contributed by atoms with Crippen molar-refractivity contribution in [2.45, 2.75) is 26.8 Å². The molecule has 7 heteroatoms. The molecule has 0 aliphatic rings. The second-order valence-electron chi connectivity index (χ2n) is 5.00. The molecule has 1 heterocycles. The van der Waals surface area contributed by atoms with Gasteiger partial charge in [-0.2, -0.15) is 5.10 Å². The number of non-ortho nitro benzene ring substituents is 1. The van der Waals surface area contributed by atoms with E-state index in [4.69, 9.17) is 5.73 Å². The van der Waals surface area contributed by atoms with Crippen LogP contribution in [-0.4, -0.2) is 21.2 Å². The molecule has 0 saturated carbocycles. The summed E-state index contributed by atoms with van der Waals surface area (Å²) < 4.78 is 1.96. The van der Waals surface area contributed by atoms with E-state index in [1.165, 1.54) is 12.1 Å². The number of aromatic nitrogens is 2. The average molecular weight is 289 g/mol. The third kappa shape index (κ3) is 3.95. The highest BCUT2D eigenvalue weighted by molar-refractivity contribution is 5.61. The second-order valence-corrected chi connectivity index (χ2v) is 5.00. The summed E-state index contributed by atoms with van der Waals surface area (Å²) in [6.07, 6.45) is 0.866. The molecule has 7 nitrogen and oxygen atoms in total. The van der Waals surface area contributed by atoms with Gasteiger partial charge in [-0.05, 0) is 32.4 Å². The molecule has 0 atom stereocenters. The first-order valence-corrected chi connectivity index (χ1v) is 6.75. The first kappa shape index (κ1) is 14.8. The molecule has 2 rings (SSSR count). The first-order chi connectivity index (χ1) is 9.95. The fourth-order valence-corrected chi connectivity index (χ4v) is 2.20. The minimum Gasteiger partial charge on any atom is -0.398 e. The molecule has 0 spiro atoms. The van der Waals surface area contributed by atoms with Crippen LogP contribution in [-0.2, 0) is 6.54 Å². The van der Waals surface area contributed by atoms with Gasteiger partial charge in [0.2, 0.25) is 0 Å². The molecule has 0 unspecified atom stereocenters. The highest BCUT2D eigenvalue weighted by Gasteiger charge is 2.08. The molecule has 0 aliphatic carbocycles. The van der Waals surface area contributed by atoms with Crippen LogP contribution in [0.5, 0.6) is 0 Å². The number of anilines is 2. The summed E-state index contributed by atoms with van der Waals surface area (Å²) in [5.74, 6) is 0. The highest BCUT2D eigenvalue weighted by Crippen LogP contribution is 2.22. The van der Waals surface area contributed by atoms with Crippen LogP contribution < -0.4 is 11.1 Å². The summed E-state index contributed by atoms with van der Waals surface area (Å²) in [5, 5.41) is 18.3. The second kappa shape index (κ2) is 6.25. The van der Waals surface area contributed by atoms with Gasteiger partial charge in [0.05, 0.1) is 10.6 Å². The minimum atomic E-state index is -0.447. The number of rotatable bonds is 6. The predicted octanol–water partition coefficient (Wildman–Crippen LogP) is 2.49. The van der Waals surface area contributed by atoms with E-state index >= 15 is 0 Å². The maximum atomic E-state index is 10.8. The number of nitro benzene ring substituents is 1. The molecule has 0 aliphatic heterocycles. The monoisotopic (exact) mass is 289 g/mol. The van der Waals surface area contributed by atoms with E-state index in [2.05, 4.69) is 10.4 Å². The number of hydrogen-bond acceptors (Lipinski definition) is 5. The van der Waals surface area contributed by atoms with E-state index in [0.717, 1.165) is 24.4 Å². The number of nitrogens with two attached hydrogens (primary N) is 1. The van der Waals surface area contributed by atoms with Crippen LogP contribution in [0.2, 0.25) is 0 Å². The van der Waals surface area contributed by atoms with E-state index in [1.807, 2.05) is 24.6 Å². The Labute approximate surface area is 122 Å². The first-order valence-electron chi connectivity index (χ1n) is 6.75. The zero-order chi connectivity index (χ0) is 15.4. The predicted molar refractivity (Wildman–Crippen MR) is 82.3 cm³/mol. The van der Waals surface area contributed by atoms with Crippen LogP contribution in [0.4, 0.5) is 17.1 Å². The minimum absolute atomic E-state index is 0.00366. The standard InChI is InChI=1S/C14H19N5O2/c1-10-6-11(2)18(17-10)5-3-4-16-13-7-12(15)8-14(9-13)19(20)21/h6-9,16H,3-5,15H2,1-2H3. The Balaban J connectivity index is 1.89. The summed E-state index contributed by atoms with van der Waals surface area (Å²) in [6, 6.07) is 6.56. The molecular weight excluding hydrogens is 270 g/mol. The number of hydrogen-bond donors (Lipinski definition) is 2. The van der Waals surface area contributed by atoms with Crippen LogP contribution in [0.3, 0.4) is 0 Å². The molecule has 0 bridgehead atoms. The summed E-state index contributed by atoms with van der Waals surface area (Å²) in [5.41, 5.74) is 8.83. The molecule has 0 amide bonds. The highest BCUT2D eigenvalue weighted by atomic mass is 16.6. The molecule has 1 aromatic carbocycles. The molecule has 3 N–H and O–H groups in total. The Morgan fingerprint density at radius 1 is 1.33 bits per heavy atom. The Bertz CT molecular complexity index is 651. The van der Waals surface area contributed by atoms with Gasteiger partial charge in [0.1, 0.15) is 0 Å². The summed E-state index contributed by atoms with van der Waals surface area (Å²) in [7, 11) is 0. The molecule has 0 radical (unpaired) electrons. The third-order valence-electron chi connectivity index (χ3n) is 3.13. The van der Waals surface area contributed by atoms with Crippen molar-refractivity contribution in [1.82, 2.24) is 9.78 Å². The molecule has 0 saturated heterocycles. The Kier molecular flexibility index (Phi) is 4.42. The fourth-order valence-electron chi connectivity index (χ4n) is 2.20. The van der Waals surface area contributed by atoms with Crippen molar-refractivity contribution in [3.05, 3.63) is 45.8 Å². The van der Waals surface area contributed by atoms with Crippen molar-refractivity contribution in [2.24, 2.45) is 0 Å². The SMILES string of the molecule is Cc1cc(C)n(CCCNc2cc(N)cc([N+](=O)[O-])c2)n1. The summed E-state index contributed by atoms with van der Waals surface area (Å²) >= 11 is 0. The van der Waals surface area contributed by atoms with E-state index in [1.54, 1.807) is 6.07 Å². The lowest BCUT2D eigenvalue weighted by molar-refractivity contribution is -0.384. The van der Waals surface area contributed by atoms with Gasteiger partial charge in [0, 0.05) is 42.3 Å². The Morgan fingerprint density at radius 3 is 2.71 bits per heavy atom. The van der Waals surface area contributed by atoms with Crippen molar-refractivity contribution < 1.29 is 4.92 Å². The lowest BCUT2D eigenvalue weighted by Gasteiger charge is -2.08. The molecular formula is C14H19N5O2. The summed E-state index contributed by atoms with van der Waals surface area (Å²) in [4.78, 5) is 10.3. The van der Waals surface area contributed by atoms with Gasteiger partial charge < -0.3 is 11.1 Å². The molecule has 1 aromatic heterocycles. The largest absolute Gasteiger partial charge is 0.398 e. The number of nitrogens with zero attached hydrogens (tertiary/aromatic N) is 3. The average Bonchev–Trinajstić information content (AvgIpc) is 2.72. The molecule has 2 aromatic rings. The van der Waals surface area contributed by atoms with Crippen molar-refractivity contribution in [1.29, 1.82) is 0 Å². The number of nitrogen functional groups attached to an aromatic ring is 1. The lowest BCUT2D eigenvalue weighted by atomic mass is 10.2. The van der Waals surface area contributed by atoms with Crippen molar-refractivity contribution in [3.63, 3.8) is 0 Å². The maximum absolute atomic E-state index is 10.8. The van der Waals surface area contributed by atoms with Gasteiger partial charge in [-0.1, -0.05) is 0 Å². The van der Waals surface area contributed by atoms with E-state index in [-0.39, 0.29) is 5.69 Å². The zero-order valence-electron chi connectivity index (χ0n) is 12.2. The maximum Gasteiger partial charge on any atom is 0.273 e. The Morgan fingerprint density at radius 2 is 2.10 bits per heavy atom. The molecule has 112 valence electrons. The van der Waals surface area contributed by atoms with Crippen LogP contribution in [0.1, 0.15) is 17.8 Å². The smallest absolute Gasteiger partial charge is 0.273 e. The third-order valence-corrected chi connectivity index (χ3v) is 3.13. The molecule has 0 fully saturated rings. The zero-order valence-corrected chi connectivity index (χ0v) is 12.2. The quantitative estimate of drug-likeness (QED) is 0.368. The van der Waals surface area contributed by atoms with E-state index in [0.29, 0.717) is 17.9 Å². The normalized spacial score (nSPS) is 10.6. The van der Waals surface area contributed by atoms with Crippen LogP contribution in [0.15, 0.2) is 24.3 Å². The topological polar surface area (TPSA) is 99.0 Å². The van der Waals surface area contributed by atoms with Crippen LogP contribution in [0, 0.1) is 24.0 Å². The molecule has 21 heavy (non-hydrogen) atoms. The van der Waals surface area contributed by atoms with Crippen molar-refractivity contribution in [3.8, 4) is 0 Å². The van der Waals surface area contributed by atoms with E-state index in [9.17, 15) is 10.1 Å². The van der Waals surface area contributed by atoms with Crippen molar-refractivity contribution >= 4 is 17.1 Å². The Hall–Kier alpha value is -2.57. The summed E-state index contributed by atoms with van der Waals surface area (Å²) in [6.45, 7) is 5.48. The van der Waals surface area contributed by atoms with Gasteiger partial charge >= 0.3 is 0 Å². The van der Waals surface area contributed by atoms with Gasteiger partial charge in [-0.25, -0.2) is 0 Å². The van der Waals surface area contributed by atoms with Gasteiger partial charge in [-0.3, -0.25) is 14.8 Å².